The fraction of sp³-hybridized carbons (Fsp3) is 0.400. The number of hydrogen-bond acceptors (Lipinski definition) is 1. The summed E-state index contributed by atoms with van der Waals surface area (Å²) in [5.74, 6) is 0. The number of imidazole rings is 1. The van der Waals surface area contributed by atoms with Crippen LogP contribution in [-0.2, 0) is 6.54 Å². The number of H-pyrrole nitrogens is 1. The minimum atomic E-state index is 0.215. The van der Waals surface area contributed by atoms with Crippen molar-refractivity contribution in [2.45, 2.75) is 13.5 Å². The molecule has 0 saturated carbocycles. The van der Waals surface area contributed by atoms with Crippen LogP contribution < -0.4 is 4.57 Å². The van der Waals surface area contributed by atoms with Gasteiger partial charge in [0.05, 0.1) is 6.54 Å². The van der Waals surface area contributed by atoms with Gasteiger partial charge in [-0.05, 0) is 6.92 Å². The molecule has 0 aliphatic rings. The third kappa shape index (κ3) is 0.665. The van der Waals surface area contributed by atoms with E-state index in [0.29, 0.717) is 0 Å². The molecule has 0 saturated heterocycles. The molecule has 0 bridgehead atoms. The molecule has 0 radical (unpaired) electrons. The van der Waals surface area contributed by atoms with Gasteiger partial charge in [-0.3, -0.25) is 0 Å². The Morgan fingerprint density at radius 3 is 2.88 bits per heavy atom. The van der Waals surface area contributed by atoms with E-state index in [0.717, 1.165) is 6.54 Å². The molecular weight excluding hydrogens is 104 g/mol. The predicted molar refractivity (Wildman–Crippen MR) is 28.3 cm³/mol. The Morgan fingerprint density at radius 2 is 2.62 bits per heavy atom. The zero-order valence-electron chi connectivity index (χ0n) is 4.76. The SMILES string of the molecule is CC[n+]1cc[nH]c1O. The number of aromatic hydroxyl groups is 1. The number of nitrogens with zero attached hydrogens (tertiary/aromatic N) is 1. The summed E-state index contributed by atoms with van der Waals surface area (Å²) in [7, 11) is 0. The first-order valence-corrected chi connectivity index (χ1v) is 2.60. The third-order valence-corrected chi connectivity index (χ3v) is 1.08. The number of aryl methyl sites for hydroxylation is 1. The minimum Gasteiger partial charge on any atom is -0.446 e. The van der Waals surface area contributed by atoms with Crippen LogP contribution in [0.2, 0.25) is 0 Å². The van der Waals surface area contributed by atoms with E-state index in [9.17, 15) is 0 Å². The van der Waals surface area contributed by atoms with Crippen molar-refractivity contribution >= 4 is 0 Å². The highest BCUT2D eigenvalue weighted by Crippen LogP contribution is 1.89. The Labute approximate surface area is 47.6 Å². The van der Waals surface area contributed by atoms with E-state index in [1.54, 1.807) is 17.0 Å². The quantitative estimate of drug-likeness (QED) is 0.495. The van der Waals surface area contributed by atoms with Gasteiger partial charge >= 0.3 is 6.01 Å². The van der Waals surface area contributed by atoms with E-state index < -0.39 is 0 Å². The van der Waals surface area contributed by atoms with E-state index in [1.807, 2.05) is 6.92 Å². The van der Waals surface area contributed by atoms with Gasteiger partial charge in [0.2, 0.25) is 0 Å². The highest BCUT2D eigenvalue weighted by molar-refractivity contribution is 4.76. The Balaban J connectivity index is 2.92. The Bertz CT molecular complexity index is 171. The van der Waals surface area contributed by atoms with Crippen molar-refractivity contribution in [1.82, 2.24) is 4.98 Å². The Morgan fingerprint density at radius 1 is 1.88 bits per heavy atom. The molecule has 1 aromatic heterocycles. The maximum atomic E-state index is 8.86. The number of aromatic nitrogens is 2. The molecule has 2 N–H and O–H groups in total. The van der Waals surface area contributed by atoms with Gasteiger partial charge in [-0.2, -0.15) is 4.57 Å². The maximum Gasteiger partial charge on any atom is 0.451 e. The second kappa shape index (κ2) is 1.86. The average molecular weight is 113 g/mol. The second-order valence-corrected chi connectivity index (χ2v) is 1.57. The molecular formula is C5H9N2O+. The van der Waals surface area contributed by atoms with Gasteiger partial charge in [-0.1, -0.05) is 0 Å². The molecule has 0 aliphatic heterocycles. The van der Waals surface area contributed by atoms with Gasteiger partial charge in [0.25, 0.3) is 0 Å². The standard InChI is InChI=1S/C5H8N2O/c1-2-7-4-3-6-5(7)8/h3-4H,2H2,1H3,(H,6,8)/p+1. The number of aromatic amines is 1. The smallest absolute Gasteiger partial charge is 0.446 e. The number of rotatable bonds is 1. The predicted octanol–water partition coefficient (Wildman–Crippen LogP) is 0.0277. The number of nitrogens with one attached hydrogen (secondary N) is 1. The summed E-state index contributed by atoms with van der Waals surface area (Å²) < 4.78 is 1.71. The molecule has 0 aromatic carbocycles. The van der Waals surface area contributed by atoms with Crippen molar-refractivity contribution in [2.24, 2.45) is 0 Å². The van der Waals surface area contributed by atoms with Crippen molar-refractivity contribution in [3.05, 3.63) is 12.4 Å². The second-order valence-electron chi connectivity index (χ2n) is 1.57. The van der Waals surface area contributed by atoms with Gasteiger partial charge in [-0.25, -0.2) is 4.98 Å². The highest BCUT2D eigenvalue weighted by atomic mass is 16.3. The molecule has 8 heavy (non-hydrogen) atoms. The van der Waals surface area contributed by atoms with Crippen molar-refractivity contribution in [2.75, 3.05) is 0 Å². The molecule has 1 aromatic rings. The lowest BCUT2D eigenvalue weighted by atomic mass is 10.7. The summed E-state index contributed by atoms with van der Waals surface area (Å²) in [4.78, 5) is 2.64. The van der Waals surface area contributed by atoms with Crippen molar-refractivity contribution in [3.63, 3.8) is 0 Å². The molecule has 0 unspecified atom stereocenters. The van der Waals surface area contributed by atoms with Gasteiger partial charge < -0.3 is 5.11 Å². The van der Waals surface area contributed by atoms with Crippen molar-refractivity contribution < 1.29 is 9.67 Å². The maximum absolute atomic E-state index is 8.86. The highest BCUT2D eigenvalue weighted by Gasteiger charge is 2.01. The lowest BCUT2D eigenvalue weighted by Crippen LogP contribution is -2.28. The molecule has 0 fully saturated rings. The minimum absolute atomic E-state index is 0.215. The Hall–Kier alpha value is -0.990. The zero-order chi connectivity index (χ0) is 5.98. The van der Waals surface area contributed by atoms with Crippen LogP contribution in [0.1, 0.15) is 6.92 Å². The fourth-order valence-electron chi connectivity index (χ4n) is 0.610. The lowest BCUT2D eigenvalue weighted by Gasteiger charge is -1.84. The fourth-order valence-corrected chi connectivity index (χ4v) is 0.610. The van der Waals surface area contributed by atoms with E-state index in [2.05, 4.69) is 4.98 Å². The van der Waals surface area contributed by atoms with Gasteiger partial charge in [0, 0.05) is 0 Å². The van der Waals surface area contributed by atoms with Gasteiger partial charge in [0.15, 0.2) is 0 Å². The summed E-state index contributed by atoms with van der Waals surface area (Å²) >= 11 is 0. The van der Waals surface area contributed by atoms with Crippen LogP contribution in [0.25, 0.3) is 0 Å². The van der Waals surface area contributed by atoms with Gasteiger partial charge in [-0.15, -0.1) is 0 Å². The molecule has 1 rings (SSSR count). The first kappa shape index (κ1) is 5.15. The molecule has 0 atom stereocenters. The average Bonchev–Trinajstić information content (AvgIpc) is 2.14. The molecule has 0 amide bonds. The third-order valence-electron chi connectivity index (χ3n) is 1.08. The van der Waals surface area contributed by atoms with E-state index in [-0.39, 0.29) is 6.01 Å². The van der Waals surface area contributed by atoms with E-state index in [4.69, 9.17) is 5.11 Å². The van der Waals surface area contributed by atoms with Crippen LogP contribution in [0.5, 0.6) is 6.01 Å². The molecule has 3 nitrogen and oxygen atoms in total. The van der Waals surface area contributed by atoms with Crippen LogP contribution in [0.3, 0.4) is 0 Å². The molecule has 1 heterocycles. The zero-order valence-corrected chi connectivity index (χ0v) is 4.76. The van der Waals surface area contributed by atoms with Crippen LogP contribution in [-0.4, -0.2) is 10.1 Å². The first-order chi connectivity index (χ1) is 3.84. The molecule has 0 spiro atoms. The summed E-state index contributed by atoms with van der Waals surface area (Å²) in [5, 5.41) is 8.86. The van der Waals surface area contributed by atoms with Crippen LogP contribution in [0, 0.1) is 0 Å². The van der Waals surface area contributed by atoms with E-state index >= 15 is 0 Å². The lowest BCUT2D eigenvalue weighted by molar-refractivity contribution is -0.698. The largest absolute Gasteiger partial charge is 0.451 e. The van der Waals surface area contributed by atoms with E-state index in [1.165, 1.54) is 0 Å². The van der Waals surface area contributed by atoms with Crippen molar-refractivity contribution in [1.29, 1.82) is 0 Å². The summed E-state index contributed by atoms with van der Waals surface area (Å²) in [5.41, 5.74) is 0. The molecule has 3 heteroatoms. The van der Waals surface area contributed by atoms with Crippen LogP contribution >= 0.6 is 0 Å². The van der Waals surface area contributed by atoms with Crippen molar-refractivity contribution in [3.8, 4) is 6.01 Å². The molecule has 44 valence electrons. The first-order valence-electron chi connectivity index (χ1n) is 2.60. The molecule has 0 aliphatic carbocycles. The Kier molecular flexibility index (Phi) is 1.20. The number of hydrogen-bond donors (Lipinski definition) is 2. The summed E-state index contributed by atoms with van der Waals surface area (Å²) in [6, 6.07) is 0.215. The topological polar surface area (TPSA) is 39.9 Å². The van der Waals surface area contributed by atoms with Crippen LogP contribution in [0.4, 0.5) is 0 Å². The normalized spacial score (nSPS) is 9.62. The van der Waals surface area contributed by atoms with Gasteiger partial charge in [0.1, 0.15) is 12.4 Å². The van der Waals surface area contributed by atoms with Crippen LogP contribution in [0.15, 0.2) is 12.4 Å². The summed E-state index contributed by atoms with van der Waals surface area (Å²) in [6.07, 6.45) is 3.48. The monoisotopic (exact) mass is 113 g/mol. The summed E-state index contributed by atoms with van der Waals surface area (Å²) in [6.45, 7) is 2.77.